The third kappa shape index (κ3) is 7.65. The molecule has 0 bridgehead atoms. The molecule has 0 aliphatic heterocycles. The van der Waals surface area contributed by atoms with Crippen molar-refractivity contribution in [2.24, 2.45) is 10.9 Å². The van der Waals surface area contributed by atoms with E-state index in [-0.39, 0.29) is 0 Å². The average Bonchev–Trinajstić information content (AvgIpc) is 2.77. The largest absolute Gasteiger partial charge is 0.286 e. The highest BCUT2D eigenvalue weighted by Crippen LogP contribution is 2.22. The Bertz CT molecular complexity index is 923. The van der Waals surface area contributed by atoms with Gasteiger partial charge in [-0.25, -0.2) is 5.43 Å². The molecule has 4 heteroatoms. The summed E-state index contributed by atoms with van der Waals surface area (Å²) in [4.78, 5) is 8.99. The summed E-state index contributed by atoms with van der Waals surface area (Å²) < 4.78 is 0. The van der Waals surface area contributed by atoms with Crippen LogP contribution in [-0.2, 0) is 6.42 Å². The van der Waals surface area contributed by atoms with E-state index in [4.69, 9.17) is 0 Å². The number of nitrogens with zero attached hydrogens (tertiary/aromatic N) is 3. The highest BCUT2D eigenvalue weighted by Gasteiger charge is 2.14. The van der Waals surface area contributed by atoms with E-state index in [9.17, 15) is 0 Å². The lowest BCUT2D eigenvalue weighted by Gasteiger charge is -2.29. The molecule has 1 unspecified atom stereocenters. The zero-order valence-corrected chi connectivity index (χ0v) is 19.6. The molecule has 0 spiro atoms. The lowest BCUT2D eigenvalue weighted by Crippen LogP contribution is -2.36. The van der Waals surface area contributed by atoms with Crippen molar-refractivity contribution in [2.75, 3.05) is 6.54 Å². The van der Waals surface area contributed by atoms with Gasteiger partial charge in [0.25, 0.3) is 0 Å². The van der Waals surface area contributed by atoms with Crippen LogP contribution in [0.25, 0.3) is 5.70 Å². The van der Waals surface area contributed by atoms with Crippen LogP contribution in [0, 0.1) is 19.8 Å². The van der Waals surface area contributed by atoms with Crippen LogP contribution in [-0.4, -0.2) is 22.8 Å². The minimum atomic E-state index is 0.411. The van der Waals surface area contributed by atoms with Gasteiger partial charge in [0, 0.05) is 42.6 Å². The summed E-state index contributed by atoms with van der Waals surface area (Å²) in [5, 5.41) is 2.13. The molecule has 0 fully saturated rings. The maximum atomic E-state index is 4.64. The first-order chi connectivity index (χ1) is 15.0. The van der Waals surface area contributed by atoms with Crippen molar-refractivity contribution in [3.63, 3.8) is 0 Å². The first kappa shape index (κ1) is 24.3. The molecule has 0 aliphatic carbocycles. The second-order valence-corrected chi connectivity index (χ2v) is 7.82. The number of nitrogens with one attached hydrogen (secondary N) is 1. The Morgan fingerprint density at radius 2 is 1.94 bits per heavy atom. The van der Waals surface area contributed by atoms with Crippen molar-refractivity contribution in [2.45, 2.75) is 47.5 Å². The molecule has 2 rings (SSSR count). The number of allylic oxidation sites excluding steroid dienone is 3. The molecule has 1 heterocycles. The molecule has 1 aromatic heterocycles. The van der Waals surface area contributed by atoms with E-state index in [0.717, 1.165) is 36.2 Å². The van der Waals surface area contributed by atoms with Crippen LogP contribution >= 0.6 is 0 Å². The number of pyridine rings is 1. The number of benzene rings is 1. The quantitative estimate of drug-likeness (QED) is 0.347. The Morgan fingerprint density at radius 1 is 1.19 bits per heavy atom. The molecule has 0 radical (unpaired) electrons. The summed E-state index contributed by atoms with van der Waals surface area (Å²) in [6.07, 6.45) is 13.4. The van der Waals surface area contributed by atoms with Gasteiger partial charge in [0.05, 0.1) is 5.70 Å². The molecule has 0 amide bonds. The third-order valence-electron chi connectivity index (χ3n) is 5.25. The first-order valence-electron chi connectivity index (χ1n) is 11.0. The molecular formula is C27H36N4. The van der Waals surface area contributed by atoms with E-state index >= 15 is 0 Å². The highest BCUT2D eigenvalue weighted by molar-refractivity contribution is 5.79. The monoisotopic (exact) mass is 416 g/mol. The molecular weight excluding hydrogens is 380 g/mol. The number of aliphatic imine (C=N–C) groups is 1. The van der Waals surface area contributed by atoms with Crippen LogP contribution in [0.3, 0.4) is 0 Å². The summed E-state index contributed by atoms with van der Waals surface area (Å²) in [6, 6.07) is 10.8. The lowest BCUT2D eigenvalue weighted by atomic mass is 10.0. The molecule has 4 nitrogen and oxygen atoms in total. The number of rotatable bonds is 11. The molecule has 0 saturated carbocycles. The van der Waals surface area contributed by atoms with Gasteiger partial charge in [-0.05, 0) is 56.7 Å². The van der Waals surface area contributed by atoms with Crippen molar-refractivity contribution in [3.8, 4) is 0 Å². The van der Waals surface area contributed by atoms with Gasteiger partial charge in [-0.15, -0.1) is 0 Å². The van der Waals surface area contributed by atoms with E-state index in [1.807, 2.05) is 19.3 Å². The predicted molar refractivity (Wildman–Crippen MR) is 134 cm³/mol. The Kier molecular flexibility index (Phi) is 9.92. The van der Waals surface area contributed by atoms with Crippen LogP contribution in [0.5, 0.6) is 0 Å². The van der Waals surface area contributed by atoms with Crippen LogP contribution in [0.2, 0.25) is 0 Å². The number of hydrogen-bond acceptors (Lipinski definition) is 4. The van der Waals surface area contributed by atoms with Crippen molar-refractivity contribution >= 4 is 11.9 Å². The zero-order valence-electron chi connectivity index (χ0n) is 19.6. The van der Waals surface area contributed by atoms with E-state index in [1.165, 1.54) is 16.8 Å². The third-order valence-corrected chi connectivity index (χ3v) is 5.25. The molecule has 1 aromatic carbocycles. The minimum Gasteiger partial charge on any atom is -0.286 e. The van der Waals surface area contributed by atoms with Gasteiger partial charge >= 0.3 is 0 Å². The van der Waals surface area contributed by atoms with Gasteiger partial charge in [0.1, 0.15) is 0 Å². The molecule has 0 saturated heterocycles. The van der Waals surface area contributed by atoms with E-state index in [0.29, 0.717) is 5.92 Å². The van der Waals surface area contributed by atoms with Crippen molar-refractivity contribution in [1.82, 2.24) is 15.4 Å². The van der Waals surface area contributed by atoms with Gasteiger partial charge in [-0.2, -0.15) is 0 Å². The Morgan fingerprint density at radius 3 is 2.55 bits per heavy atom. The molecule has 1 N–H and O–H groups in total. The van der Waals surface area contributed by atoms with Crippen LogP contribution < -0.4 is 5.43 Å². The van der Waals surface area contributed by atoms with Gasteiger partial charge in [0.15, 0.2) is 0 Å². The van der Waals surface area contributed by atoms with Crippen LogP contribution in [0.15, 0.2) is 78.3 Å². The molecule has 31 heavy (non-hydrogen) atoms. The van der Waals surface area contributed by atoms with Gasteiger partial charge in [-0.1, -0.05) is 62.4 Å². The summed E-state index contributed by atoms with van der Waals surface area (Å²) in [5.41, 5.74) is 10.3. The fourth-order valence-electron chi connectivity index (χ4n) is 3.29. The highest BCUT2D eigenvalue weighted by atomic mass is 15.5. The Labute approximate surface area is 188 Å². The molecule has 1 atom stereocenters. The topological polar surface area (TPSA) is 40.5 Å². The lowest BCUT2D eigenvalue weighted by molar-refractivity contribution is 0.301. The van der Waals surface area contributed by atoms with Crippen molar-refractivity contribution < 1.29 is 0 Å². The smallest absolute Gasteiger partial charge is 0.0895 e. The maximum absolute atomic E-state index is 4.64. The first-order valence-corrected chi connectivity index (χ1v) is 11.0. The average molecular weight is 417 g/mol. The number of hydrazine groups is 1. The summed E-state index contributed by atoms with van der Waals surface area (Å²) >= 11 is 0. The number of aryl methyl sites for hydroxylation is 2. The second kappa shape index (κ2) is 12.7. The van der Waals surface area contributed by atoms with E-state index in [2.05, 4.69) is 97.3 Å². The Hall–Kier alpha value is -2.98. The standard InChI is InChI=1S/C27H36N4/c1-7-15-29-26(25-17-22(5)18-28-19-25)20-31(27(9-3)23(6)8-2)30-16-14-24-12-10-21(4)11-13-24/h7,9-13,15,17-20,23,30H,1,8,14,16H2,2-6H3/b26-20-,27-9-,29-15?. The fourth-order valence-corrected chi connectivity index (χ4v) is 3.29. The SMILES string of the molecule is C=CC=N/C(=C\N(NCCc1ccc(C)cc1)/C(=C\C)C(C)CC)c1cncc(C)c1. The van der Waals surface area contributed by atoms with Gasteiger partial charge in [0.2, 0.25) is 0 Å². The number of hydrogen-bond donors (Lipinski definition) is 1. The predicted octanol–water partition coefficient (Wildman–Crippen LogP) is 6.25. The van der Waals surface area contributed by atoms with Gasteiger partial charge < -0.3 is 0 Å². The van der Waals surface area contributed by atoms with Crippen molar-refractivity contribution in [1.29, 1.82) is 0 Å². The van der Waals surface area contributed by atoms with Crippen LogP contribution in [0.1, 0.15) is 49.4 Å². The molecule has 0 aliphatic rings. The van der Waals surface area contributed by atoms with E-state index in [1.54, 1.807) is 12.3 Å². The summed E-state index contributed by atoms with van der Waals surface area (Å²) in [5.74, 6) is 0.411. The minimum absolute atomic E-state index is 0.411. The van der Waals surface area contributed by atoms with Gasteiger partial charge in [-0.3, -0.25) is 15.0 Å². The maximum Gasteiger partial charge on any atom is 0.0895 e. The Balaban J connectivity index is 2.34. The molecule has 164 valence electrons. The second-order valence-electron chi connectivity index (χ2n) is 7.82. The number of aromatic nitrogens is 1. The van der Waals surface area contributed by atoms with E-state index < -0.39 is 0 Å². The fraction of sp³-hybridized carbons (Fsp3) is 0.333. The van der Waals surface area contributed by atoms with Crippen molar-refractivity contribution in [3.05, 3.63) is 95.6 Å². The zero-order chi connectivity index (χ0) is 22.6. The summed E-state index contributed by atoms with van der Waals surface area (Å²) in [7, 11) is 0. The normalized spacial score (nSPS) is 13.5. The molecule has 2 aromatic rings. The summed E-state index contributed by atoms with van der Waals surface area (Å²) in [6.45, 7) is 15.3. The van der Waals surface area contributed by atoms with Crippen LogP contribution in [0.4, 0.5) is 0 Å².